The van der Waals surface area contributed by atoms with Gasteiger partial charge in [-0.3, -0.25) is 0 Å². The second kappa shape index (κ2) is 5.40. The third-order valence-corrected chi connectivity index (χ3v) is 0.109. The van der Waals surface area contributed by atoms with Crippen LogP contribution in [0.5, 0.6) is 0 Å². The summed E-state index contributed by atoms with van der Waals surface area (Å²) in [7, 11) is 0. The summed E-state index contributed by atoms with van der Waals surface area (Å²) in [6.45, 7) is -1.39. The number of carbonyl (C=O) groups is 1. The summed E-state index contributed by atoms with van der Waals surface area (Å²) in [5.41, 5.74) is 0. The molecule has 0 N–H and O–H groups in total. The summed E-state index contributed by atoms with van der Waals surface area (Å²) >= 11 is 0. The minimum atomic E-state index is -1.66. The Morgan fingerprint density at radius 1 is 1.83 bits per heavy atom. The zero-order chi connectivity index (χ0) is 4.28. The van der Waals surface area contributed by atoms with Crippen LogP contribution < -0.4 is 34.7 Å². The van der Waals surface area contributed by atoms with E-state index >= 15 is 0 Å². The van der Waals surface area contributed by atoms with Gasteiger partial charge in [0.15, 0.2) is 0 Å². The Morgan fingerprint density at radius 2 is 2.00 bits per heavy atom. The second-order valence-electron chi connectivity index (χ2n) is 0.506. The standard InChI is InChI=1S/C2H3FO2.Na/c3-1-2(4)5;/h1H2,(H,4,5);/q;+1/p-1. The predicted octanol–water partition coefficient (Wildman–Crippen LogP) is -4.29. The Bertz CT molecular complexity index is 46.8. The minimum Gasteiger partial charge on any atom is -0.547 e. The van der Waals surface area contributed by atoms with Crippen LogP contribution in [-0.4, -0.2) is 12.6 Å². The van der Waals surface area contributed by atoms with E-state index in [1.54, 1.807) is 0 Å². The molecule has 0 aromatic carbocycles. The molecule has 0 rings (SSSR count). The number of carbonyl (C=O) groups excluding carboxylic acids is 1. The number of rotatable bonds is 1. The van der Waals surface area contributed by atoms with Crippen molar-refractivity contribution in [2.24, 2.45) is 0 Å². The molecule has 0 fully saturated rings. The normalized spacial score (nSPS) is 6.17. The van der Waals surface area contributed by atoms with Crippen molar-refractivity contribution in [3.8, 4) is 0 Å². The van der Waals surface area contributed by atoms with Crippen molar-refractivity contribution in [3.63, 3.8) is 0 Å². The van der Waals surface area contributed by atoms with Crippen LogP contribution in [0.4, 0.5) is 4.39 Å². The molecule has 4 heteroatoms. The van der Waals surface area contributed by atoms with Gasteiger partial charge in [-0.1, -0.05) is 0 Å². The second-order valence-corrected chi connectivity index (χ2v) is 0.506. The summed E-state index contributed by atoms with van der Waals surface area (Å²) < 4.78 is 10.5. The maximum atomic E-state index is 10.5. The van der Waals surface area contributed by atoms with Gasteiger partial charge >= 0.3 is 29.6 Å². The minimum absolute atomic E-state index is 0. The SMILES string of the molecule is O=C([O-])CF.[Na+]. The quantitative estimate of drug-likeness (QED) is 0.313. The van der Waals surface area contributed by atoms with Crippen LogP contribution in [0.2, 0.25) is 0 Å². The number of carboxylic acid groups (broad SMARTS) is 1. The molecular weight excluding hydrogens is 98.0 g/mol. The van der Waals surface area contributed by atoms with E-state index in [2.05, 4.69) is 0 Å². The Balaban J connectivity index is 0. The number of halogens is 1. The van der Waals surface area contributed by atoms with Gasteiger partial charge in [0.1, 0.15) is 6.67 Å². The fourth-order valence-corrected chi connectivity index (χ4v) is 0. The van der Waals surface area contributed by atoms with Gasteiger partial charge in [0, 0.05) is 0 Å². The van der Waals surface area contributed by atoms with E-state index < -0.39 is 12.6 Å². The molecule has 2 nitrogen and oxygen atoms in total. The first-order valence-electron chi connectivity index (χ1n) is 1.03. The molecule has 6 heavy (non-hydrogen) atoms. The molecule has 0 amide bonds. The molecule has 0 aliphatic carbocycles. The third-order valence-electron chi connectivity index (χ3n) is 0.109. The van der Waals surface area contributed by atoms with E-state index in [0.717, 1.165) is 0 Å². The monoisotopic (exact) mass is 100.0 g/mol. The average molecular weight is 100 g/mol. The molecule has 0 aromatic heterocycles. The van der Waals surface area contributed by atoms with Gasteiger partial charge in [-0.15, -0.1) is 0 Å². The Kier molecular flexibility index (Phi) is 8.68. The van der Waals surface area contributed by atoms with Crippen LogP contribution in [0.25, 0.3) is 0 Å². The van der Waals surface area contributed by atoms with Gasteiger partial charge in [0.05, 0.1) is 5.97 Å². The van der Waals surface area contributed by atoms with Crippen molar-refractivity contribution in [2.75, 3.05) is 6.67 Å². The summed E-state index contributed by atoms with van der Waals surface area (Å²) in [6, 6.07) is 0. The van der Waals surface area contributed by atoms with Gasteiger partial charge in [0.2, 0.25) is 0 Å². The summed E-state index contributed by atoms with van der Waals surface area (Å²) in [4.78, 5) is 8.88. The van der Waals surface area contributed by atoms with Crippen molar-refractivity contribution < 1.29 is 43.8 Å². The molecule has 0 atom stereocenters. The van der Waals surface area contributed by atoms with Crippen molar-refractivity contribution in [3.05, 3.63) is 0 Å². The van der Waals surface area contributed by atoms with E-state index in [1.165, 1.54) is 0 Å². The van der Waals surface area contributed by atoms with Crippen LogP contribution >= 0.6 is 0 Å². The van der Waals surface area contributed by atoms with Crippen molar-refractivity contribution in [2.45, 2.75) is 0 Å². The molecule has 0 spiro atoms. The molecule has 0 saturated heterocycles. The van der Waals surface area contributed by atoms with Crippen molar-refractivity contribution >= 4 is 5.97 Å². The molecule has 0 radical (unpaired) electrons. The summed E-state index contributed by atoms with van der Waals surface area (Å²) in [5.74, 6) is -1.66. The van der Waals surface area contributed by atoms with E-state index in [4.69, 9.17) is 9.90 Å². The number of carboxylic acids is 1. The summed E-state index contributed by atoms with van der Waals surface area (Å²) in [6.07, 6.45) is 0. The van der Waals surface area contributed by atoms with Crippen molar-refractivity contribution in [1.82, 2.24) is 0 Å². The van der Waals surface area contributed by atoms with Gasteiger partial charge < -0.3 is 9.90 Å². The van der Waals surface area contributed by atoms with E-state index in [9.17, 15) is 4.39 Å². The van der Waals surface area contributed by atoms with Crippen LogP contribution in [-0.2, 0) is 4.79 Å². The number of aliphatic carboxylic acids is 1. The first-order valence-corrected chi connectivity index (χ1v) is 1.03. The average Bonchev–Trinajstić information content (AvgIpc) is 1.38. The largest absolute Gasteiger partial charge is 1.00 e. The predicted molar refractivity (Wildman–Crippen MR) is 11.0 cm³/mol. The first kappa shape index (κ1) is 9.64. The molecule has 30 valence electrons. The van der Waals surface area contributed by atoms with Crippen LogP contribution in [0.3, 0.4) is 0 Å². The van der Waals surface area contributed by atoms with Crippen LogP contribution in [0, 0.1) is 0 Å². The van der Waals surface area contributed by atoms with Crippen LogP contribution in [0.15, 0.2) is 0 Å². The molecule has 0 saturated carbocycles. The first-order chi connectivity index (χ1) is 2.27. The van der Waals surface area contributed by atoms with E-state index in [0.29, 0.717) is 0 Å². The molecule has 0 aliphatic heterocycles. The smallest absolute Gasteiger partial charge is 0.547 e. The number of hydrogen-bond donors (Lipinski definition) is 0. The van der Waals surface area contributed by atoms with Crippen LogP contribution in [0.1, 0.15) is 0 Å². The Labute approximate surface area is 56.6 Å². The third kappa shape index (κ3) is 8.83. The zero-order valence-electron chi connectivity index (χ0n) is 3.40. The Morgan fingerprint density at radius 3 is 2.00 bits per heavy atom. The maximum absolute atomic E-state index is 10.5. The van der Waals surface area contributed by atoms with E-state index in [-0.39, 0.29) is 29.6 Å². The maximum Gasteiger partial charge on any atom is 1.00 e. The fourth-order valence-electron chi connectivity index (χ4n) is 0. The topological polar surface area (TPSA) is 40.1 Å². The molecule has 0 bridgehead atoms. The van der Waals surface area contributed by atoms with Gasteiger partial charge in [0.25, 0.3) is 0 Å². The van der Waals surface area contributed by atoms with Gasteiger partial charge in [-0.25, -0.2) is 4.39 Å². The molecule has 0 unspecified atom stereocenters. The number of alkyl halides is 1. The summed E-state index contributed by atoms with van der Waals surface area (Å²) in [5, 5.41) is 8.88. The molecule has 0 aliphatic rings. The molecule has 0 aromatic rings. The van der Waals surface area contributed by atoms with Crippen molar-refractivity contribution in [1.29, 1.82) is 0 Å². The number of hydrogen-bond acceptors (Lipinski definition) is 2. The van der Waals surface area contributed by atoms with E-state index in [1.807, 2.05) is 0 Å². The molecular formula is C2H2FNaO2. The van der Waals surface area contributed by atoms with Gasteiger partial charge in [-0.05, 0) is 0 Å². The molecule has 0 heterocycles. The fraction of sp³-hybridized carbons (Fsp3) is 0.500. The zero-order valence-corrected chi connectivity index (χ0v) is 5.40. The van der Waals surface area contributed by atoms with Gasteiger partial charge in [-0.2, -0.15) is 0 Å². The Hall–Kier alpha value is 0.400.